The van der Waals surface area contributed by atoms with Crippen molar-refractivity contribution in [2.75, 3.05) is 18.4 Å². The van der Waals surface area contributed by atoms with Gasteiger partial charge in [0.05, 0.1) is 16.7 Å². The molecule has 6 nitrogen and oxygen atoms in total. The number of nitrogens with one attached hydrogen (secondary N) is 1. The van der Waals surface area contributed by atoms with E-state index in [0.29, 0.717) is 5.13 Å². The number of likely N-dealkylation sites (tertiary alicyclic amines) is 1. The van der Waals surface area contributed by atoms with Gasteiger partial charge < -0.3 is 9.88 Å². The van der Waals surface area contributed by atoms with Crippen molar-refractivity contribution in [1.82, 2.24) is 19.4 Å². The van der Waals surface area contributed by atoms with Crippen LogP contribution in [0.25, 0.3) is 11.0 Å². The maximum Gasteiger partial charge on any atom is 0.246 e. The number of carbonyl (C=O) groups is 1. The second-order valence-corrected chi connectivity index (χ2v) is 8.47. The molecule has 1 N–H and O–H groups in total. The molecule has 3 heterocycles. The summed E-state index contributed by atoms with van der Waals surface area (Å²) in [6.45, 7) is 7.76. The van der Waals surface area contributed by atoms with Crippen LogP contribution >= 0.6 is 11.3 Å². The summed E-state index contributed by atoms with van der Waals surface area (Å²) in [5.74, 6) is 1.69. The van der Waals surface area contributed by atoms with E-state index in [1.165, 1.54) is 24.2 Å². The largest absolute Gasteiger partial charge is 0.318 e. The van der Waals surface area contributed by atoms with Gasteiger partial charge >= 0.3 is 0 Å². The third-order valence-electron chi connectivity index (χ3n) is 5.41. The van der Waals surface area contributed by atoms with Gasteiger partial charge in [0, 0.05) is 18.3 Å². The Bertz CT molecular complexity index is 955. The van der Waals surface area contributed by atoms with Gasteiger partial charge in [-0.25, -0.2) is 9.97 Å². The van der Waals surface area contributed by atoms with E-state index in [1.807, 2.05) is 28.8 Å². The van der Waals surface area contributed by atoms with Crippen molar-refractivity contribution in [3.63, 3.8) is 0 Å². The molecule has 1 aliphatic rings. The zero-order valence-corrected chi connectivity index (χ0v) is 17.3. The minimum absolute atomic E-state index is 0.0643. The average Bonchev–Trinajstić information content (AvgIpc) is 3.28. The SMILES string of the molecule is CCc1nc2ccccc2n1CC(=O)Nc1nc(CN2CCC(C)CC2)cs1. The number of anilines is 1. The van der Waals surface area contributed by atoms with Gasteiger partial charge in [-0.1, -0.05) is 26.0 Å². The number of thiazole rings is 1. The summed E-state index contributed by atoms with van der Waals surface area (Å²) < 4.78 is 1.99. The molecular formula is C21H27N5OS. The van der Waals surface area contributed by atoms with Crippen molar-refractivity contribution < 1.29 is 4.79 Å². The van der Waals surface area contributed by atoms with E-state index in [-0.39, 0.29) is 12.5 Å². The van der Waals surface area contributed by atoms with Crippen LogP contribution in [0.5, 0.6) is 0 Å². The Morgan fingerprint density at radius 2 is 2.04 bits per heavy atom. The summed E-state index contributed by atoms with van der Waals surface area (Å²) >= 11 is 1.50. The lowest BCUT2D eigenvalue weighted by atomic mass is 9.99. The molecule has 0 aliphatic carbocycles. The molecule has 0 spiro atoms. The Hall–Kier alpha value is -2.25. The van der Waals surface area contributed by atoms with E-state index in [2.05, 4.69) is 39.4 Å². The summed E-state index contributed by atoms with van der Waals surface area (Å²) in [6.07, 6.45) is 3.30. The number of para-hydroxylation sites is 2. The fourth-order valence-corrected chi connectivity index (χ4v) is 4.48. The minimum atomic E-state index is -0.0643. The lowest BCUT2D eigenvalue weighted by molar-refractivity contribution is -0.116. The number of imidazole rings is 1. The van der Waals surface area contributed by atoms with Crippen LogP contribution in [0, 0.1) is 5.92 Å². The molecule has 2 aromatic heterocycles. The van der Waals surface area contributed by atoms with Crippen LogP contribution in [-0.2, 0) is 24.3 Å². The molecule has 4 rings (SSSR count). The first-order valence-corrected chi connectivity index (χ1v) is 10.9. The fraction of sp³-hybridized carbons (Fsp3) is 0.476. The van der Waals surface area contributed by atoms with Crippen molar-refractivity contribution in [2.24, 2.45) is 5.92 Å². The van der Waals surface area contributed by atoms with E-state index in [0.717, 1.165) is 54.5 Å². The second kappa shape index (κ2) is 8.41. The number of rotatable bonds is 6. The fourth-order valence-electron chi connectivity index (χ4n) is 3.76. The molecule has 1 fully saturated rings. The van der Waals surface area contributed by atoms with Crippen LogP contribution in [0.1, 0.15) is 38.2 Å². The van der Waals surface area contributed by atoms with Crippen molar-refractivity contribution in [1.29, 1.82) is 0 Å². The summed E-state index contributed by atoms with van der Waals surface area (Å²) in [4.78, 5) is 24.3. The number of amides is 1. The zero-order valence-electron chi connectivity index (χ0n) is 16.5. The normalized spacial score (nSPS) is 15.9. The first-order chi connectivity index (χ1) is 13.6. The van der Waals surface area contributed by atoms with Crippen molar-refractivity contribution in [3.05, 3.63) is 41.2 Å². The standard InChI is InChI=1S/C21H27N5OS/c1-3-19-23-17-6-4-5-7-18(17)26(19)13-20(27)24-21-22-16(14-28-21)12-25-10-8-15(2)9-11-25/h4-7,14-15H,3,8-13H2,1-2H3,(H,22,24,27). The van der Waals surface area contributed by atoms with Crippen LogP contribution in [0.15, 0.2) is 29.6 Å². The van der Waals surface area contributed by atoms with Crippen LogP contribution < -0.4 is 5.32 Å². The third kappa shape index (κ3) is 4.25. The summed E-state index contributed by atoms with van der Waals surface area (Å²) in [5.41, 5.74) is 2.96. The highest BCUT2D eigenvalue weighted by molar-refractivity contribution is 7.13. The monoisotopic (exact) mass is 397 g/mol. The van der Waals surface area contributed by atoms with Gasteiger partial charge in [-0.15, -0.1) is 11.3 Å². The third-order valence-corrected chi connectivity index (χ3v) is 6.22. The highest BCUT2D eigenvalue weighted by Crippen LogP contribution is 2.21. The quantitative estimate of drug-likeness (QED) is 0.685. The number of benzene rings is 1. The molecule has 0 saturated carbocycles. The van der Waals surface area contributed by atoms with Gasteiger partial charge in [0.2, 0.25) is 5.91 Å². The van der Waals surface area contributed by atoms with Crippen LogP contribution in [0.4, 0.5) is 5.13 Å². The van der Waals surface area contributed by atoms with Gasteiger partial charge in [0.25, 0.3) is 0 Å². The minimum Gasteiger partial charge on any atom is -0.318 e. The number of nitrogens with zero attached hydrogens (tertiary/aromatic N) is 4. The predicted octanol–water partition coefficient (Wildman–Crippen LogP) is 3.93. The molecule has 148 valence electrons. The number of aromatic nitrogens is 3. The Labute approximate surface area is 169 Å². The topological polar surface area (TPSA) is 63.1 Å². The van der Waals surface area contributed by atoms with Crippen LogP contribution in [-0.4, -0.2) is 38.4 Å². The van der Waals surface area contributed by atoms with Crippen molar-refractivity contribution in [2.45, 2.75) is 46.2 Å². The Morgan fingerprint density at radius 3 is 2.82 bits per heavy atom. The summed E-state index contributed by atoms with van der Waals surface area (Å²) in [6, 6.07) is 7.94. The number of carbonyl (C=O) groups excluding carboxylic acids is 1. The number of hydrogen-bond donors (Lipinski definition) is 1. The predicted molar refractivity (Wildman–Crippen MR) is 114 cm³/mol. The molecule has 0 unspecified atom stereocenters. The molecule has 0 radical (unpaired) electrons. The van der Waals surface area contributed by atoms with Crippen molar-refractivity contribution >= 4 is 33.4 Å². The Kier molecular flexibility index (Phi) is 5.73. The number of hydrogen-bond acceptors (Lipinski definition) is 5. The van der Waals surface area contributed by atoms with Gasteiger partial charge in [-0.2, -0.15) is 0 Å². The molecule has 0 atom stereocenters. The van der Waals surface area contributed by atoms with Crippen LogP contribution in [0.3, 0.4) is 0 Å². The molecule has 0 bridgehead atoms. The maximum atomic E-state index is 12.6. The smallest absolute Gasteiger partial charge is 0.246 e. The number of aryl methyl sites for hydroxylation is 1. The summed E-state index contributed by atoms with van der Waals surface area (Å²) in [5, 5.41) is 5.69. The van der Waals surface area contributed by atoms with Crippen molar-refractivity contribution in [3.8, 4) is 0 Å². The lowest BCUT2D eigenvalue weighted by Gasteiger charge is -2.29. The molecule has 3 aromatic rings. The second-order valence-electron chi connectivity index (χ2n) is 7.61. The van der Waals surface area contributed by atoms with Gasteiger partial charge in [0.1, 0.15) is 12.4 Å². The Balaban J connectivity index is 1.39. The molecule has 7 heteroatoms. The molecule has 1 saturated heterocycles. The van der Waals surface area contributed by atoms with E-state index in [4.69, 9.17) is 0 Å². The molecular weight excluding hydrogens is 370 g/mol. The lowest BCUT2D eigenvalue weighted by Crippen LogP contribution is -2.32. The highest BCUT2D eigenvalue weighted by atomic mass is 32.1. The molecule has 1 amide bonds. The van der Waals surface area contributed by atoms with E-state index < -0.39 is 0 Å². The molecule has 28 heavy (non-hydrogen) atoms. The van der Waals surface area contributed by atoms with Crippen LogP contribution in [0.2, 0.25) is 0 Å². The van der Waals surface area contributed by atoms with Gasteiger partial charge in [-0.05, 0) is 44.0 Å². The average molecular weight is 398 g/mol. The van der Waals surface area contributed by atoms with E-state index in [9.17, 15) is 4.79 Å². The van der Waals surface area contributed by atoms with Gasteiger partial charge in [0.15, 0.2) is 5.13 Å². The first kappa shape index (κ1) is 19.1. The van der Waals surface area contributed by atoms with E-state index >= 15 is 0 Å². The number of piperidine rings is 1. The van der Waals surface area contributed by atoms with E-state index in [1.54, 1.807) is 0 Å². The Morgan fingerprint density at radius 1 is 1.25 bits per heavy atom. The molecule has 1 aromatic carbocycles. The first-order valence-electron chi connectivity index (χ1n) is 10.0. The summed E-state index contributed by atoms with van der Waals surface area (Å²) in [7, 11) is 0. The maximum absolute atomic E-state index is 12.6. The zero-order chi connectivity index (χ0) is 19.5. The molecule has 1 aliphatic heterocycles. The highest BCUT2D eigenvalue weighted by Gasteiger charge is 2.17. The van der Waals surface area contributed by atoms with Gasteiger partial charge in [-0.3, -0.25) is 9.69 Å². The number of fused-ring (bicyclic) bond motifs is 1.